The van der Waals surface area contributed by atoms with Gasteiger partial charge in [-0.25, -0.2) is 0 Å². The number of rotatable bonds is 4. The molecule has 0 aliphatic rings. The largest absolute Gasteiger partial charge is 0.465 e. The van der Waals surface area contributed by atoms with E-state index in [1.807, 2.05) is 0 Å². The molecule has 1 aromatic rings. The molecular weight excluding hydrogens is 265 g/mol. The first-order chi connectivity index (χ1) is 8.06. The zero-order chi connectivity index (χ0) is 12.8. The number of ether oxygens (including phenoxy) is 1. The molecule has 0 heterocycles. The van der Waals surface area contributed by atoms with Crippen molar-refractivity contribution in [2.75, 3.05) is 13.2 Å². The van der Waals surface area contributed by atoms with E-state index in [0.29, 0.717) is 0 Å². The molecule has 1 amide bonds. The predicted molar refractivity (Wildman–Crippen MR) is 65.4 cm³/mol. The third kappa shape index (κ3) is 3.91. The molecule has 0 aliphatic carbocycles. The van der Waals surface area contributed by atoms with E-state index in [-0.39, 0.29) is 28.8 Å². The van der Waals surface area contributed by atoms with Gasteiger partial charge in [0.25, 0.3) is 5.91 Å². The highest BCUT2D eigenvalue weighted by molar-refractivity contribution is 6.39. The summed E-state index contributed by atoms with van der Waals surface area (Å²) in [5.74, 6) is -1.02. The van der Waals surface area contributed by atoms with Crippen LogP contribution < -0.4 is 5.32 Å². The third-order valence-corrected chi connectivity index (χ3v) is 2.52. The Morgan fingerprint density at radius 3 is 2.41 bits per heavy atom. The van der Waals surface area contributed by atoms with Crippen LogP contribution in [0, 0.1) is 0 Å². The summed E-state index contributed by atoms with van der Waals surface area (Å²) < 4.78 is 4.67. The Morgan fingerprint density at radius 1 is 1.29 bits per heavy atom. The molecule has 0 unspecified atom stereocenters. The van der Waals surface area contributed by atoms with Gasteiger partial charge >= 0.3 is 5.97 Å². The zero-order valence-corrected chi connectivity index (χ0v) is 10.6. The first kappa shape index (κ1) is 13.8. The molecule has 0 spiro atoms. The summed E-state index contributed by atoms with van der Waals surface area (Å²) in [6, 6.07) is 4.73. The monoisotopic (exact) mass is 275 g/mol. The number of hydrogen-bond acceptors (Lipinski definition) is 3. The van der Waals surface area contributed by atoms with E-state index in [1.165, 1.54) is 0 Å². The van der Waals surface area contributed by atoms with Gasteiger partial charge in [-0.2, -0.15) is 0 Å². The van der Waals surface area contributed by atoms with Crippen molar-refractivity contribution in [3.05, 3.63) is 33.8 Å². The maximum atomic E-state index is 11.7. The van der Waals surface area contributed by atoms with E-state index in [9.17, 15) is 9.59 Å². The van der Waals surface area contributed by atoms with E-state index in [2.05, 4.69) is 10.1 Å². The minimum Gasteiger partial charge on any atom is -0.465 e. The quantitative estimate of drug-likeness (QED) is 0.858. The Labute approximate surface area is 109 Å². The van der Waals surface area contributed by atoms with Gasteiger partial charge in [0.2, 0.25) is 0 Å². The van der Waals surface area contributed by atoms with Crippen LogP contribution in [-0.4, -0.2) is 25.0 Å². The van der Waals surface area contributed by atoms with Crippen LogP contribution >= 0.6 is 23.2 Å². The number of esters is 1. The minimum absolute atomic E-state index is 0.153. The number of benzene rings is 1. The molecule has 0 saturated heterocycles. The number of carbonyl (C=O) groups is 2. The lowest BCUT2D eigenvalue weighted by Gasteiger charge is -2.07. The molecule has 92 valence electrons. The lowest BCUT2D eigenvalue weighted by atomic mass is 10.2. The number of hydrogen-bond donors (Lipinski definition) is 1. The summed E-state index contributed by atoms with van der Waals surface area (Å²) in [4.78, 5) is 22.8. The number of amides is 1. The second-order valence-electron chi connectivity index (χ2n) is 3.08. The van der Waals surface area contributed by atoms with Crippen molar-refractivity contribution in [2.24, 2.45) is 0 Å². The Bertz CT molecular complexity index is 414. The van der Waals surface area contributed by atoms with E-state index >= 15 is 0 Å². The van der Waals surface area contributed by atoms with Crippen molar-refractivity contribution in [1.82, 2.24) is 5.32 Å². The Kier molecular flexibility index (Phi) is 5.25. The maximum absolute atomic E-state index is 11.7. The van der Waals surface area contributed by atoms with Crippen LogP contribution in [0.3, 0.4) is 0 Å². The van der Waals surface area contributed by atoms with Gasteiger partial charge in [0.15, 0.2) is 0 Å². The topological polar surface area (TPSA) is 55.4 Å². The lowest BCUT2D eigenvalue weighted by Crippen LogP contribution is -2.31. The average Bonchev–Trinajstić information content (AvgIpc) is 2.26. The van der Waals surface area contributed by atoms with E-state index in [4.69, 9.17) is 23.2 Å². The third-order valence-electron chi connectivity index (χ3n) is 1.89. The molecule has 6 heteroatoms. The fourth-order valence-corrected chi connectivity index (χ4v) is 1.74. The molecule has 0 aromatic heterocycles. The highest BCUT2D eigenvalue weighted by Gasteiger charge is 2.15. The van der Waals surface area contributed by atoms with Crippen molar-refractivity contribution in [2.45, 2.75) is 6.92 Å². The van der Waals surface area contributed by atoms with Crippen molar-refractivity contribution in [1.29, 1.82) is 0 Å². The van der Waals surface area contributed by atoms with Crippen molar-refractivity contribution >= 4 is 35.1 Å². The van der Waals surface area contributed by atoms with Crippen LogP contribution in [0.15, 0.2) is 18.2 Å². The van der Waals surface area contributed by atoms with Crippen molar-refractivity contribution < 1.29 is 14.3 Å². The standard InChI is InChI=1S/C11H11Cl2NO3/c1-2-17-9(15)6-14-11(16)10-7(12)4-3-5-8(10)13/h3-5H,2,6H2,1H3,(H,14,16). The molecule has 0 aliphatic heterocycles. The summed E-state index contributed by atoms with van der Waals surface area (Å²) in [5, 5.41) is 2.85. The molecule has 0 bridgehead atoms. The fourth-order valence-electron chi connectivity index (χ4n) is 1.17. The van der Waals surface area contributed by atoms with Crippen LogP contribution in [0.25, 0.3) is 0 Å². The SMILES string of the molecule is CCOC(=O)CNC(=O)c1c(Cl)cccc1Cl. The smallest absolute Gasteiger partial charge is 0.325 e. The van der Waals surface area contributed by atoms with Crippen LogP contribution in [0.1, 0.15) is 17.3 Å². The normalized spacial score (nSPS) is 9.82. The Hall–Kier alpha value is -1.26. The van der Waals surface area contributed by atoms with Gasteiger partial charge in [-0.3, -0.25) is 9.59 Å². The predicted octanol–water partition coefficient (Wildman–Crippen LogP) is 2.29. The Morgan fingerprint density at radius 2 is 1.88 bits per heavy atom. The second kappa shape index (κ2) is 6.47. The summed E-state index contributed by atoms with van der Waals surface area (Å²) >= 11 is 11.7. The van der Waals surface area contributed by atoms with E-state index in [1.54, 1.807) is 25.1 Å². The van der Waals surface area contributed by atoms with E-state index < -0.39 is 11.9 Å². The summed E-state index contributed by atoms with van der Waals surface area (Å²) in [7, 11) is 0. The average molecular weight is 276 g/mol. The number of carbonyl (C=O) groups excluding carboxylic acids is 2. The summed E-state index contributed by atoms with van der Waals surface area (Å²) in [6.45, 7) is 1.74. The number of nitrogens with one attached hydrogen (secondary N) is 1. The second-order valence-corrected chi connectivity index (χ2v) is 3.90. The van der Waals surface area contributed by atoms with Crippen molar-refractivity contribution in [3.63, 3.8) is 0 Å². The van der Waals surface area contributed by atoms with Gasteiger partial charge in [0, 0.05) is 0 Å². The van der Waals surface area contributed by atoms with Crippen LogP contribution in [0.2, 0.25) is 10.0 Å². The van der Waals surface area contributed by atoms with Crippen molar-refractivity contribution in [3.8, 4) is 0 Å². The van der Waals surface area contributed by atoms with Crippen LogP contribution in [0.5, 0.6) is 0 Å². The molecule has 17 heavy (non-hydrogen) atoms. The molecule has 0 radical (unpaired) electrons. The highest BCUT2D eigenvalue weighted by atomic mass is 35.5. The maximum Gasteiger partial charge on any atom is 0.325 e. The van der Waals surface area contributed by atoms with Gasteiger partial charge < -0.3 is 10.1 Å². The molecule has 0 atom stereocenters. The fraction of sp³-hybridized carbons (Fsp3) is 0.273. The molecule has 1 rings (SSSR count). The minimum atomic E-state index is -0.510. The molecule has 0 fully saturated rings. The Balaban J connectivity index is 2.68. The first-order valence-corrected chi connectivity index (χ1v) is 5.69. The molecule has 0 saturated carbocycles. The van der Waals surface area contributed by atoms with Crippen LogP contribution in [0.4, 0.5) is 0 Å². The molecule has 4 nitrogen and oxygen atoms in total. The van der Waals surface area contributed by atoms with Gasteiger partial charge in [0.05, 0.1) is 22.2 Å². The van der Waals surface area contributed by atoms with Gasteiger partial charge in [-0.15, -0.1) is 0 Å². The molecular formula is C11H11Cl2NO3. The van der Waals surface area contributed by atoms with Crippen LogP contribution in [-0.2, 0) is 9.53 Å². The lowest BCUT2D eigenvalue weighted by molar-refractivity contribution is -0.141. The van der Waals surface area contributed by atoms with Gasteiger partial charge in [-0.1, -0.05) is 29.3 Å². The van der Waals surface area contributed by atoms with Gasteiger partial charge in [0.1, 0.15) is 6.54 Å². The first-order valence-electron chi connectivity index (χ1n) is 4.94. The molecule has 1 N–H and O–H groups in total. The summed E-state index contributed by atoms with van der Waals surface area (Å²) in [6.07, 6.45) is 0. The number of halogens is 2. The summed E-state index contributed by atoms with van der Waals surface area (Å²) in [5.41, 5.74) is 0.153. The molecule has 1 aromatic carbocycles. The van der Waals surface area contributed by atoms with Gasteiger partial charge in [-0.05, 0) is 19.1 Å². The zero-order valence-electron chi connectivity index (χ0n) is 9.13. The van der Waals surface area contributed by atoms with E-state index in [0.717, 1.165) is 0 Å². The highest BCUT2D eigenvalue weighted by Crippen LogP contribution is 2.23.